The predicted molar refractivity (Wildman–Crippen MR) is 99.2 cm³/mol. The quantitative estimate of drug-likeness (QED) is 0.813. The molecule has 0 heterocycles. The molecule has 5 nitrogen and oxygen atoms in total. The number of benzene rings is 2. The van der Waals surface area contributed by atoms with Gasteiger partial charge >= 0.3 is 0 Å². The van der Waals surface area contributed by atoms with Crippen molar-refractivity contribution in [3.05, 3.63) is 59.2 Å². The molecule has 0 fully saturated rings. The zero-order valence-electron chi connectivity index (χ0n) is 14.9. The largest absolute Gasteiger partial charge is 0.496 e. The second-order valence-electron chi connectivity index (χ2n) is 5.76. The van der Waals surface area contributed by atoms with Gasteiger partial charge in [-0.05, 0) is 54.3 Å². The molecule has 0 bridgehead atoms. The minimum Gasteiger partial charge on any atom is -0.496 e. The lowest BCUT2D eigenvalue weighted by atomic mass is 10.0. The monoisotopic (exact) mass is 340 g/mol. The molecule has 0 unspecified atom stereocenters. The number of aryl methyl sites for hydroxylation is 1. The molecule has 2 amide bonds. The highest BCUT2D eigenvalue weighted by atomic mass is 16.5. The Bertz CT molecular complexity index is 739. The fourth-order valence-corrected chi connectivity index (χ4v) is 2.57. The van der Waals surface area contributed by atoms with Crippen molar-refractivity contribution in [2.45, 2.75) is 26.7 Å². The smallest absolute Gasteiger partial charge is 0.251 e. The van der Waals surface area contributed by atoms with E-state index < -0.39 is 0 Å². The van der Waals surface area contributed by atoms with E-state index >= 15 is 0 Å². The summed E-state index contributed by atoms with van der Waals surface area (Å²) in [5.74, 6) is 0.562. The summed E-state index contributed by atoms with van der Waals surface area (Å²) in [5.41, 5.74) is 3.56. The molecule has 0 spiro atoms. The molecule has 2 rings (SSSR count). The number of methoxy groups -OCH3 is 1. The Morgan fingerprint density at radius 2 is 1.80 bits per heavy atom. The molecule has 2 aromatic rings. The minimum atomic E-state index is -0.139. The zero-order chi connectivity index (χ0) is 18.2. The van der Waals surface area contributed by atoms with Crippen molar-refractivity contribution in [1.82, 2.24) is 5.32 Å². The van der Waals surface area contributed by atoms with E-state index in [1.54, 1.807) is 31.4 Å². The van der Waals surface area contributed by atoms with Crippen LogP contribution in [0, 0.1) is 0 Å². The van der Waals surface area contributed by atoms with Crippen molar-refractivity contribution >= 4 is 17.5 Å². The van der Waals surface area contributed by atoms with Crippen LogP contribution in [0.1, 0.15) is 35.3 Å². The average molecular weight is 340 g/mol. The summed E-state index contributed by atoms with van der Waals surface area (Å²) < 4.78 is 5.38. The number of nitrogens with one attached hydrogen (secondary N) is 2. The molecule has 5 heteroatoms. The van der Waals surface area contributed by atoms with Crippen molar-refractivity contribution in [2.75, 3.05) is 19.0 Å². The summed E-state index contributed by atoms with van der Waals surface area (Å²) in [6.07, 6.45) is 1.66. The van der Waals surface area contributed by atoms with Crippen LogP contribution in [0.3, 0.4) is 0 Å². The first kappa shape index (κ1) is 18.5. The van der Waals surface area contributed by atoms with E-state index in [1.807, 2.05) is 6.07 Å². The Hall–Kier alpha value is -2.82. The highest BCUT2D eigenvalue weighted by Crippen LogP contribution is 2.20. The molecule has 0 aromatic heterocycles. The van der Waals surface area contributed by atoms with E-state index in [1.165, 1.54) is 12.5 Å². The molecule has 0 saturated heterocycles. The maximum atomic E-state index is 12.2. The molecule has 2 N–H and O–H groups in total. The Balaban J connectivity index is 1.93. The third kappa shape index (κ3) is 5.35. The molecular weight excluding hydrogens is 316 g/mol. The van der Waals surface area contributed by atoms with Crippen LogP contribution in [-0.2, 0) is 17.6 Å². The van der Waals surface area contributed by atoms with Crippen LogP contribution in [0.5, 0.6) is 5.75 Å². The van der Waals surface area contributed by atoms with E-state index in [2.05, 4.69) is 29.7 Å². The first-order valence-electron chi connectivity index (χ1n) is 8.35. The van der Waals surface area contributed by atoms with Gasteiger partial charge < -0.3 is 15.4 Å². The van der Waals surface area contributed by atoms with E-state index in [4.69, 9.17) is 4.74 Å². The topological polar surface area (TPSA) is 67.4 Å². The van der Waals surface area contributed by atoms with Crippen molar-refractivity contribution in [3.8, 4) is 5.75 Å². The minimum absolute atomic E-state index is 0.138. The molecular formula is C20H24N2O3. The molecule has 2 aromatic carbocycles. The summed E-state index contributed by atoms with van der Waals surface area (Å²) in [4.78, 5) is 23.2. The maximum Gasteiger partial charge on any atom is 0.251 e. The molecule has 0 aliphatic heterocycles. The van der Waals surface area contributed by atoms with Crippen molar-refractivity contribution in [3.63, 3.8) is 0 Å². The highest BCUT2D eigenvalue weighted by Gasteiger charge is 2.08. The molecule has 25 heavy (non-hydrogen) atoms. The Labute approximate surface area is 148 Å². The number of hydrogen-bond donors (Lipinski definition) is 2. The first-order chi connectivity index (χ1) is 12.0. The number of anilines is 1. The maximum absolute atomic E-state index is 12.2. The third-order valence-electron chi connectivity index (χ3n) is 3.90. The normalized spacial score (nSPS) is 10.2. The van der Waals surface area contributed by atoms with Gasteiger partial charge in [0.2, 0.25) is 5.91 Å². The van der Waals surface area contributed by atoms with Crippen LogP contribution in [0.15, 0.2) is 42.5 Å². The van der Waals surface area contributed by atoms with Crippen molar-refractivity contribution < 1.29 is 14.3 Å². The SMILES string of the molecule is CCc1ccc(OC)c(CCNC(=O)c2ccc(NC(C)=O)cc2)c1. The van der Waals surface area contributed by atoms with Crippen LogP contribution < -0.4 is 15.4 Å². The van der Waals surface area contributed by atoms with Gasteiger partial charge in [0.05, 0.1) is 7.11 Å². The lowest BCUT2D eigenvalue weighted by Crippen LogP contribution is -2.25. The second-order valence-corrected chi connectivity index (χ2v) is 5.76. The van der Waals surface area contributed by atoms with Crippen molar-refractivity contribution in [1.29, 1.82) is 0 Å². The fraction of sp³-hybridized carbons (Fsp3) is 0.300. The van der Waals surface area contributed by atoms with Crippen molar-refractivity contribution in [2.24, 2.45) is 0 Å². The molecule has 0 aliphatic carbocycles. The summed E-state index contributed by atoms with van der Waals surface area (Å²) in [5, 5.41) is 5.59. The van der Waals surface area contributed by atoms with Crippen LogP contribution in [0.25, 0.3) is 0 Å². The molecule has 0 radical (unpaired) electrons. The second kappa shape index (κ2) is 8.87. The fourth-order valence-electron chi connectivity index (χ4n) is 2.57. The number of ether oxygens (including phenoxy) is 1. The van der Waals surface area contributed by atoms with Gasteiger partial charge in [0.25, 0.3) is 5.91 Å². The zero-order valence-corrected chi connectivity index (χ0v) is 14.9. The third-order valence-corrected chi connectivity index (χ3v) is 3.90. The summed E-state index contributed by atoms with van der Waals surface area (Å²) in [6.45, 7) is 4.08. The van der Waals surface area contributed by atoms with Crippen LogP contribution in [-0.4, -0.2) is 25.5 Å². The van der Waals surface area contributed by atoms with Gasteiger partial charge in [-0.2, -0.15) is 0 Å². The van der Waals surface area contributed by atoms with E-state index in [0.717, 1.165) is 17.7 Å². The van der Waals surface area contributed by atoms with Crippen LogP contribution in [0.4, 0.5) is 5.69 Å². The van der Waals surface area contributed by atoms with Gasteiger partial charge in [-0.25, -0.2) is 0 Å². The molecule has 0 saturated carbocycles. The number of hydrogen-bond acceptors (Lipinski definition) is 3. The molecule has 0 atom stereocenters. The first-order valence-corrected chi connectivity index (χ1v) is 8.35. The Morgan fingerprint density at radius 3 is 2.40 bits per heavy atom. The van der Waals surface area contributed by atoms with Gasteiger partial charge in [-0.15, -0.1) is 0 Å². The number of rotatable bonds is 7. The van der Waals surface area contributed by atoms with Crippen LogP contribution >= 0.6 is 0 Å². The van der Waals surface area contributed by atoms with E-state index in [-0.39, 0.29) is 11.8 Å². The summed E-state index contributed by atoms with van der Waals surface area (Å²) in [6, 6.07) is 13.0. The summed E-state index contributed by atoms with van der Waals surface area (Å²) in [7, 11) is 1.65. The van der Waals surface area contributed by atoms with E-state index in [9.17, 15) is 9.59 Å². The Morgan fingerprint density at radius 1 is 1.08 bits per heavy atom. The molecule has 132 valence electrons. The van der Waals surface area contributed by atoms with E-state index in [0.29, 0.717) is 24.2 Å². The van der Waals surface area contributed by atoms with Gasteiger partial charge in [0, 0.05) is 24.7 Å². The standard InChI is InChI=1S/C20H24N2O3/c1-4-15-5-10-19(25-3)17(13-15)11-12-21-20(24)16-6-8-18(9-7-16)22-14(2)23/h5-10,13H,4,11-12H2,1-3H3,(H,21,24)(H,22,23). The van der Waals surface area contributed by atoms with Gasteiger partial charge in [0.15, 0.2) is 0 Å². The lowest BCUT2D eigenvalue weighted by Gasteiger charge is -2.11. The average Bonchev–Trinajstić information content (AvgIpc) is 2.61. The number of carbonyl (C=O) groups is 2. The summed E-state index contributed by atoms with van der Waals surface area (Å²) >= 11 is 0. The molecule has 0 aliphatic rings. The number of amides is 2. The number of carbonyl (C=O) groups excluding carboxylic acids is 2. The van der Waals surface area contributed by atoms with Gasteiger partial charge in [-0.1, -0.05) is 19.1 Å². The predicted octanol–water partition coefficient (Wildman–Crippen LogP) is 3.19. The Kier molecular flexibility index (Phi) is 6.57. The highest BCUT2D eigenvalue weighted by molar-refractivity contribution is 5.95. The van der Waals surface area contributed by atoms with Gasteiger partial charge in [-0.3, -0.25) is 9.59 Å². The lowest BCUT2D eigenvalue weighted by molar-refractivity contribution is -0.114. The van der Waals surface area contributed by atoms with Crippen LogP contribution in [0.2, 0.25) is 0 Å². The van der Waals surface area contributed by atoms with Gasteiger partial charge in [0.1, 0.15) is 5.75 Å².